The largest absolute Gasteiger partial charge is 0.469 e. The van der Waals surface area contributed by atoms with Gasteiger partial charge >= 0.3 is 5.97 Å². The Balaban J connectivity index is 2.19. The van der Waals surface area contributed by atoms with Crippen molar-refractivity contribution in [2.24, 2.45) is 7.05 Å². The van der Waals surface area contributed by atoms with Crippen LogP contribution >= 0.6 is 0 Å². The Morgan fingerprint density at radius 1 is 1.43 bits per heavy atom. The smallest absolute Gasteiger partial charge is 0.307 e. The summed E-state index contributed by atoms with van der Waals surface area (Å²) in [5.74, 6) is -0.525. The van der Waals surface area contributed by atoms with Crippen molar-refractivity contribution >= 4 is 22.9 Å². The van der Waals surface area contributed by atoms with Gasteiger partial charge in [0.1, 0.15) is 0 Å². The summed E-state index contributed by atoms with van der Waals surface area (Å²) >= 11 is 0. The van der Waals surface area contributed by atoms with Crippen LogP contribution in [0.3, 0.4) is 0 Å². The summed E-state index contributed by atoms with van der Waals surface area (Å²) in [5.41, 5.74) is 2.04. The van der Waals surface area contributed by atoms with Crippen molar-refractivity contribution < 1.29 is 14.3 Å². The van der Waals surface area contributed by atoms with Crippen molar-refractivity contribution in [3.05, 3.63) is 23.5 Å². The van der Waals surface area contributed by atoms with E-state index in [0.29, 0.717) is 12.1 Å². The van der Waals surface area contributed by atoms with Crippen LogP contribution in [0.25, 0.3) is 11.0 Å². The van der Waals surface area contributed by atoms with Crippen LogP contribution in [0.15, 0.2) is 12.3 Å². The molecule has 112 valence electrons. The van der Waals surface area contributed by atoms with Crippen LogP contribution < -0.4 is 0 Å². The number of methoxy groups -OCH3 is 1. The number of carbonyl (C=O) groups is 2. The Bertz CT molecular complexity index is 693. The SMILES string of the molecule is COC(=O)CCN(C)C(=O)c1cnc2c(c1)c(C)nn2C. The van der Waals surface area contributed by atoms with Crippen molar-refractivity contribution in [1.29, 1.82) is 0 Å². The molecule has 7 heteroatoms. The number of aromatic nitrogens is 3. The Morgan fingerprint density at radius 2 is 2.14 bits per heavy atom. The molecule has 2 heterocycles. The molecule has 21 heavy (non-hydrogen) atoms. The Labute approximate surface area is 122 Å². The standard InChI is InChI=1S/C14H18N4O3/c1-9-11-7-10(8-15-13(11)18(3)16-9)14(20)17(2)6-5-12(19)21-4/h7-8H,5-6H2,1-4H3. The topological polar surface area (TPSA) is 77.3 Å². The van der Waals surface area contributed by atoms with Crippen LogP contribution in [0.5, 0.6) is 0 Å². The van der Waals surface area contributed by atoms with E-state index < -0.39 is 0 Å². The van der Waals surface area contributed by atoms with Crippen LogP contribution in [-0.4, -0.2) is 52.2 Å². The summed E-state index contributed by atoms with van der Waals surface area (Å²) < 4.78 is 6.24. The van der Waals surface area contributed by atoms with Crippen molar-refractivity contribution in [2.45, 2.75) is 13.3 Å². The fraction of sp³-hybridized carbons (Fsp3) is 0.429. The van der Waals surface area contributed by atoms with E-state index in [0.717, 1.165) is 16.7 Å². The molecule has 7 nitrogen and oxygen atoms in total. The van der Waals surface area contributed by atoms with Gasteiger partial charge in [-0.25, -0.2) is 4.98 Å². The molecule has 0 aliphatic heterocycles. The molecule has 0 aliphatic rings. The summed E-state index contributed by atoms with van der Waals surface area (Å²) in [6.07, 6.45) is 1.70. The number of carbonyl (C=O) groups excluding carboxylic acids is 2. The van der Waals surface area contributed by atoms with Gasteiger partial charge in [-0.15, -0.1) is 0 Å². The first-order chi connectivity index (χ1) is 9.93. The minimum atomic E-state index is -0.341. The maximum Gasteiger partial charge on any atom is 0.307 e. The van der Waals surface area contributed by atoms with E-state index in [1.165, 1.54) is 18.2 Å². The van der Waals surface area contributed by atoms with Crippen molar-refractivity contribution in [1.82, 2.24) is 19.7 Å². The monoisotopic (exact) mass is 290 g/mol. The molecule has 0 unspecified atom stereocenters. The fourth-order valence-electron chi connectivity index (χ4n) is 2.11. The van der Waals surface area contributed by atoms with Crippen LogP contribution in [0, 0.1) is 6.92 Å². The minimum absolute atomic E-state index is 0.167. The molecule has 1 amide bonds. The van der Waals surface area contributed by atoms with E-state index in [9.17, 15) is 9.59 Å². The van der Waals surface area contributed by atoms with E-state index in [1.54, 1.807) is 17.8 Å². The van der Waals surface area contributed by atoms with Crippen LogP contribution in [0.4, 0.5) is 0 Å². The zero-order chi connectivity index (χ0) is 15.6. The second kappa shape index (κ2) is 5.90. The zero-order valence-electron chi connectivity index (χ0n) is 12.6. The molecule has 0 saturated heterocycles. The Kier molecular flexibility index (Phi) is 4.21. The predicted octanol–water partition coefficient (Wildman–Crippen LogP) is 0.912. The Hall–Kier alpha value is -2.44. The first-order valence-electron chi connectivity index (χ1n) is 6.55. The highest BCUT2D eigenvalue weighted by atomic mass is 16.5. The summed E-state index contributed by atoms with van der Waals surface area (Å²) in [6, 6.07) is 1.78. The maximum absolute atomic E-state index is 12.3. The first-order valence-corrected chi connectivity index (χ1v) is 6.55. The van der Waals surface area contributed by atoms with E-state index in [-0.39, 0.29) is 18.3 Å². The molecule has 2 aromatic heterocycles. The molecular weight excluding hydrogens is 272 g/mol. The molecule has 0 atom stereocenters. The van der Waals surface area contributed by atoms with Gasteiger partial charge in [-0.2, -0.15) is 5.10 Å². The third-order valence-corrected chi connectivity index (χ3v) is 3.34. The zero-order valence-corrected chi connectivity index (χ0v) is 12.6. The van der Waals surface area contributed by atoms with Gasteiger partial charge in [-0.05, 0) is 13.0 Å². The highest BCUT2D eigenvalue weighted by Gasteiger charge is 2.16. The normalized spacial score (nSPS) is 10.7. The van der Waals surface area contributed by atoms with Gasteiger partial charge in [-0.3, -0.25) is 14.3 Å². The van der Waals surface area contributed by atoms with Gasteiger partial charge in [0.15, 0.2) is 5.65 Å². The molecule has 0 aromatic carbocycles. The number of hydrogen-bond donors (Lipinski definition) is 0. The highest BCUT2D eigenvalue weighted by molar-refractivity contribution is 5.97. The molecular formula is C14H18N4O3. The lowest BCUT2D eigenvalue weighted by molar-refractivity contribution is -0.140. The van der Waals surface area contributed by atoms with E-state index in [4.69, 9.17) is 0 Å². The average molecular weight is 290 g/mol. The van der Waals surface area contributed by atoms with Crippen LogP contribution in [0.2, 0.25) is 0 Å². The molecule has 0 radical (unpaired) electrons. The number of aryl methyl sites for hydroxylation is 2. The summed E-state index contributed by atoms with van der Waals surface area (Å²) in [6.45, 7) is 2.18. The minimum Gasteiger partial charge on any atom is -0.469 e. The van der Waals surface area contributed by atoms with E-state index >= 15 is 0 Å². The number of ether oxygens (including phenoxy) is 1. The van der Waals surface area contributed by atoms with Gasteiger partial charge in [0.25, 0.3) is 5.91 Å². The number of nitrogens with zero attached hydrogens (tertiary/aromatic N) is 4. The lowest BCUT2D eigenvalue weighted by Crippen LogP contribution is -2.29. The van der Waals surface area contributed by atoms with E-state index in [1.807, 2.05) is 14.0 Å². The lowest BCUT2D eigenvalue weighted by atomic mass is 10.2. The van der Waals surface area contributed by atoms with Gasteiger partial charge in [0, 0.05) is 32.2 Å². The second-order valence-electron chi connectivity index (χ2n) is 4.86. The quantitative estimate of drug-likeness (QED) is 0.782. The van der Waals surface area contributed by atoms with Crippen molar-refractivity contribution in [2.75, 3.05) is 20.7 Å². The molecule has 0 saturated carbocycles. The van der Waals surface area contributed by atoms with Crippen LogP contribution in [0.1, 0.15) is 22.5 Å². The molecule has 2 aromatic rings. The summed E-state index contributed by atoms with van der Waals surface area (Å²) in [5, 5.41) is 5.13. The van der Waals surface area contributed by atoms with E-state index in [2.05, 4.69) is 14.8 Å². The number of rotatable bonds is 4. The number of pyridine rings is 1. The lowest BCUT2D eigenvalue weighted by Gasteiger charge is -2.16. The second-order valence-corrected chi connectivity index (χ2v) is 4.86. The van der Waals surface area contributed by atoms with Gasteiger partial charge in [-0.1, -0.05) is 0 Å². The maximum atomic E-state index is 12.3. The number of hydrogen-bond acceptors (Lipinski definition) is 5. The number of amides is 1. The van der Waals surface area contributed by atoms with Crippen molar-refractivity contribution in [3.63, 3.8) is 0 Å². The van der Waals surface area contributed by atoms with Gasteiger partial charge in [0.05, 0.1) is 24.8 Å². The predicted molar refractivity (Wildman–Crippen MR) is 76.8 cm³/mol. The van der Waals surface area contributed by atoms with Crippen molar-refractivity contribution in [3.8, 4) is 0 Å². The number of esters is 1. The molecule has 0 bridgehead atoms. The number of fused-ring (bicyclic) bond motifs is 1. The summed E-state index contributed by atoms with van der Waals surface area (Å²) in [7, 11) is 4.78. The first kappa shape index (κ1) is 15.0. The van der Waals surface area contributed by atoms with Gasteiger partial charge < -0.3 is 9.64 Å². The summed E-state index contributed by atoms with van der Waals surface area (Å²) in [4.78, 5) is 29.2. The Morgan fingerprint density at radius 3 is 2.81 bits per heavy atom. The highest BCUT2D eigenvalue weighted by Crippen LogP contribution is 2.17. The molecule has 0 aliphatic carbocycles. The van der Waals surface area contributed by atoms with Gasteiger partial charge in [0.2, 0.25) is 0 Å². The fourth-order valence-corrected chi connectivity index (χ4v) is 2.11. The third-order valence-electron chi connectivity index (χ3n) is 3.34. The molecule has 2 rings (SSSR count). The van der Waals surface area contributed by atoms with Crippen LogP contribution in [-0.2, 0) is 16.6 Å². The third kappa shape index (κ3) is 3.01. The molecule has 0 spiro atoms. The molecule has 0 fully saturated rings. The average Bonchev–Trinajstić information content (AvgIpc) is 2.78. The molecule has 0 N–H and O–H groups in total.